The molecule has 0 radical (unpaired) electrons. The van der Waals surface area contributed by atoms with E-state index in [2.05, 4.69) is 101 Å². The van der Waals surface area contributed by atoms with Gasteiger partial charge in [-0.1, -0.05) is 134 Å². The van der Waals surface area contributed by atoms with E-state index in [9.17, 15) is 51.0 Å². The van der Waals surface area contributed by atoms with Crippen molar-refractivity contribution in [2.24, 2.45) is 22.7 Å². The molecule has 2 atom stereocenters. The van der Waals surface area contributed by atoms with Gasteiger partial charge in [0.1, 0.15) is 51.6 Å². The fourth-order valence-corrected chi connectivity index (χ4v) is 20.6. The molecule has 12 aromatic rings. The number of nitrogens with zero attached hydrogens (tertiary/aromatic N) is 8. The van der Waals surface area contributed by atoms with E-state index in [4.69, 9.17) is 42.1 Å². The summed E-state index contributed by atoms with van der Waals surface area (Å²) < 4.78 is 98.9. The zero-order valence-corrected chi connectivity index (χ0v) is 75.7. The van der Waals surface area contributed by atoms with Gasteiger partial charge in [0.25, 0.3) is 43.2 Å². The van der Waals surface area contributed by atoms with Crippen molar-refractivity contribution >= 4 is 111 Å². The van der Waals surface area contributed by atoms with E-state index in [1.54, 1.807) is 73.1 Å². The number of fused-ring (bicyclic) bond motifs is 4. The van der Waals surface area contributed by atoms with E-state index in [1.165, 1.54) is 70.1 Å². The highest BCUT2D eigenvalue weighted by atomic mass is 35.5. The van der Waals surface area contributed by atoms with E-state index in [0.717, 1.165) is 146 Å². The van der Waals surface area contributed by atoms with Crippen molar-refractivity contribution in [1.29, 1.82) is 0 Å². The van der Waals surface area contributed by atoms with Crippen LogP contribution in [0.2, 0.25) is 10.0 Å². The van der Waals surface area contributed by atoms with Crippen LogP contribution in [0.5, 0.6) is 34.5 Å². The summed E-state index contributed by atoms with van der Waals surface area (Å²) in [6.45, 7) is 19.5. The van der Waals surface area contributed by atoms with Crippen molar-refractivity contribution in [3.8, 4) is 34.5 Å². The number of halogens is 3. The second-order valence-corrected chi connectivity index (χ2v) is 40.3. The minimum Gasteiger partial charge on any atom is -0.493 e. The fraction of sp³-hybridized carbons (Fsp3) is 0.313. The molecule has 2 amide bonds. The second kappa shape index (κ2) is 37.5. The topological polar surface area (TPSA) is 320 Å². The first-order valence-corrected chi connectivity index (χ1v) is 47.3. The van der Waals surface area contributed by atoms with Crippen LogP contribution in [0, 0.1) is 55.6 Å². The number of amides is 2. The number of nitrogens with one attached hydrogen (secondary N) is 4. The van der Waals surface area contributed by atoms with Gasteiger partial charge in [-0.3, -0.25) is 39.6 Å². The summed E-state index contributed by atoms with van der Waals surface area (Å²) in [5.74, 6) is -1.69. The lowest BCUT2D eigenvalue weighted by Gasteiger charge is -2.39. The number of hydrogen-bond acceptors (Lipinski definition) is 20. The monoisotopic (exact) mass is 1830 g/mol. The summed E-state index contributed by atoms with van der Waals surface area (Å²) in [6, 6.07) is 52.3. The molecule has 2 aliphatic carbocycles. The normalized spacial score (nSPS) is 17.7. The number of nitro groups is 2. The molecule has 4 aliphatic heterocycles. The highest BCUT2D eigenvalue weighted by Gasteiger charge is 2.38. The molecule has 26 nitrogen and oxygen atoms in total. The van der Waals surface area contributed by atoms with E-state index < -0.39 is 57.2 Å². The first-order valence-electron chi connectivity index (χ1n) is 43.5. The van der Waals surface area contributed by atoms with Gasteiger partial charge in [0.15, 0.2) is 0 Å². The molecule has 8 aromatic carbocycles. The van der Waals surface area contributed by atoms with Crippen LogP contribution >= 0.6 is 23.2 Å². The maximum atomic E-state index is 14.4. The molecule has 2 fully saturated rings. The number of aryl methyl sites for hydroxylation is 1. The number of sulfonamides is 2. The first-order chi connectivity index (χ1) is 62.3. The Morgan fingerprint density at radius 2 is 0.977 bits per heavy atom. The van der Waals surface area contributed by atoms with Crippen molar-refractivity contribution in [2.45, 2.75) is 109 Å². The lowest BCUT2D eigenvalue weighted by molar-refractivity contribution is -0.386. The van der Waals surface area contributed by atoms with E-state index in [1.807, 2.05) is 67.6 Å². The molecule has 6 aliphatic rings. The Hall–Kier alpha value is -12.5. The van der Waals surface area contributed by atoms with Crippen molar-refractivity contribution in [3.63, 3.8) is 0 Å². The van der Waals surface area contributed by atoms with E-state index in [-0.39, 0.29) is 99.9 Å². The van der Waals surface area contributed by atoms with E-state index in [0.29, 0.717) is 59.9 Å². The minimum atomic E-state index is -4.69. The molecule has 4 aromatic heterocycles. The number of rotatable bonds is 24. The molecule has 31 heteroatoms. The Balaban J connectivity index is 0.000000182. The van der Waals surface area contributed by atoms with Crippen LogP contribution in [0.25, 0.3) is 33.2 Å². The number of hydrogen-bond donors (Lipinski definition) is 4. The Bertz CT molecular complexity index is 6670. The predicted octanol–water partition coefficient (Wildman–Crippen LogP) is 19.7. The number of pyridine rings is 2. The van der Waals surface area contributed by atoms with Gasteiger partial charge in [-0.25, -0.2) is 40.6 Å². The number of anilines is 2. The number of piperazine rings is 2. The van der Waals surface area contributed by atoms with Crippen molar-refractivity contribution in [1.82, 2.24) is 39.2 Å². The van der Waals surface area contributed by atoms with Gasteiger partial charge in [0.2, 0.25) is 0 Å². The van der Waals surface area contributed by atoms with Crippen LogP contribution in [-0.2, 0) is 45.7 Å². The highest BCUT2D eigenvalue weighted by Crippen LogP contribution is 2.48. The zero-order chi connectivity index (χ0) is 90.9. The van der Waals surface area contributed by atoms with Crippen molar-refractivity contribution in [3.05, 3.63) is 304 Å². The molecule has 0 bridgehead atoms. The van der Waals surface area contributed by atoms with Crippen LogP contribution in [0.1, 0.15) is 126 Å². The molecule has 8 heterocycles. The average Bonchev–Trinajstić information content (AvgIpc) is 0.827. The molecule has 130 heavy (non-hydrogen) atoms. The van der Waals surface area contributed by atoms with Gasteiger partial charge < -0.3 is 38.7 Å². The first kappa shape index (κ1) is 89.5. The number of aromatic amines is 2. The summed E-state index contributed by atoms with van der Waals surface area (Å²) in [4.78, 5) is 74.9. The second-order valence-electron chi connectivity index (χ2n) is 36.1. The van der Waals surface area contributed by atoms with Gasteiger partial charge in [-0.05, 0) is 194 Å². The maximum Gasteiger partial charge on any atom is 0.277 e. The van der Waals surface area contributed by atoms with Gasteiger partial charge in [0.05, 0.1) is 67.5 Å². The molecule has 18 rings (SSSR count). The van der Waals surface area contributed by atoms with Crippen LogP contribution < -0.4 is 38.2 Å². The quantitative estimate of drug-likeness (QED) is 0.0322. The molecule has 672 valence electrons. The Labute approximate surface area is 763 Å². The third-order valence-electron chi connectivity index (χ3n) is 25.5. The van der Waals surface area contributed by atoms with E-state index >= 15 is 0 Å². The van der Waals surface area contributed by atoms with Gasteiger partial charge in [0, 0.05) is 158 Å². The summed E-state index contributed by atoms with van der Waals surface area (Å²) in [5.41, 5.74) is 13.7. The number of carbonyl (C=O) groups is 2. The average molecular weight is 1830 g/mol. The van der Waals surface area contributed by atoms with Crippen LogP contribution in [0.4, 0.5) is 27.1 Å². The predicted molar refractivity (Wildman–Crippen MR) is 500 cm³/mol. The number of aromatic nitrogens is 4. The molecule has 0 spiro atoms. The third kappa shape index (κ3) is 20.7. The number of carbonyl (C=O) groups excluding carboxylic acids is 2. The Morgan fingerprint density at radius 3 is 1.41 bits per heavy atom. The molecule has 4 N–H and O–H groups in total. The van der Waals surface area contributed by atoms with Gasteiger partial charge in [-0.2, -0.15) is 0 Å². The molecule has 2 saturated heterocycles. The zero-order valence-electron chi connectivity index (χ0n) is 72.6. The number of allylic oxidation sites excluding steroid dienone is 2. The third-order valence-corrected chi connectivity index (χ3v) is 28.6. The SMILES string of the molecule is CC1(C)CCC(CN2CCN(c3ccc(C(=O)NS(=O)(=O)c4cc5c(c([N+](=O)[O-])c4)C[C@H](Cc4ccccc4F)CO5)c(Oc4cnc5[nH]ccc5c4)c3)CC2)=C(c2ccc(Cl)cc2)C1.Cc1ccc(C[C@@H]2COc3cc(S(=O)(=O)NC(=O)c4ccc(N5CCN(CC6=C(c7ccc(Cl)cc7)CC(C)(C)CC6)CC5)cc4Oc4cnc5[nH]ccc5c4)cc([N+](=O)[O-])c3C2)cc1. The van der Waals surface area contributed by atoms with Crippen LogP contribution in [0.15, 0.2) is 228 Å². The van der Waals surface area contributed by atoms with Gasteiger partial charge in [-0.15, -0.1) is 0 Å². The summed E-state index contributed by atoms with van der Waals surface area (Å²) in [7, 11) is -9.32. The standard InChI is InChI=1S/C50H51ClN6O7S.C49H48ClFN6O7S/c1-32-4-6-33(7-5-32)22-34-23-43-45(57(59)60)26-41(27-46(43)63-31-34)65(61,62)54-49(58)42-13-12-39(25-47(42)64-40-24-36-15-17-52-48(36)53-29-40)56-20-18-55(19-21-56)30-37-14-16-50(2,3)28-44(37)35-8-10-38(51)11-9-35;1-49(2)15-13-35(42(27-49)32-7-9-36(50)10-8-32)29-55-17-19-56(20-18-55)37-11-12-40(46(24-37)64-38-23-34-14-16-52-47(34)53-28-38)48(58)54-65(61,62)39-25-44(57(59)60)41-22-31(30-63-45(41)26-39)21-33-5-3-4-6-43(33)51/h4-13,15,17,24-27,29,34H,14,16,18-23,28,30-31H2,1-3H3,(H,52,53)(H,54,58);3-12,14,16,23-26,28,31H,13,15,17-22,27,29-30H2,1-2H3,(H,52,53)(H,54,58)/t34-;31-/m00/s1. The molecular formula is C99H99Cl2FN12O14S2. The minimum absolute atomic E-state index is 0.0133. The Kier molecular flexibility index (Phi) is 25.8. The van der Waals surface area contributed by atoms with Crippen LogP contribution in [-0.4, -0.2) is 147 Å². The van der Waals surface area contributed by atoms with Gasteiger partial charge >= 0.3 is 0 Å². The molecule has 0 unspecified atom stereocenters. The summed E-state index contributed by atoms with van der Waals surface area (Å²) in [5, 5.41) is 27.7. The summed E-state index contributed by atoms with van der Waals surface area (Å²) >= 11 is 12.5. The van der Waals surface area contributed by atoms with Crippen LogP contribution in [0.3, 0.4) is 0 Å². The number of H-pyrrole nitrogens is 2. The van der Waals surface area contributed by atoms with Crippen molar-refractivity contribution < 1.29 is 59.6 Å². The van der Waals surface area contributed by atoms with Crippen molar-refractivity contribution in [2.75, 3.05) is 88.5 Å². The smallest absolute Gasteiger partial charge is 0.277 e. The number of benzene rings is 8. The lowest BCUT2D eigenvalue weighted by atomic mass is 9.72. The largest absolute Gasteiger partial charge is 0.493 e. The Morgan fingerprint density at radius 1 is 0.546 bits per heavy atom. The number of nitro benzene ring substituents is 2. The molecular weight excluding hydrogens is 1740 g/mol. The summed E-state index contributed by atoms with van der Waals surface area (Å²) in [6.07, 6.45) is 14.3. The number of ether oxygens (including phenoxy) is 4. The fourth-order valence-electron chi connectivity index (χ4n) is 18.4. The molecule has 0 saturated carbocycles. The highest BCUT2D eigenvalue weighted by molar-refractivity contribution is 7.90. The lowest BCUT2D eigenvalue weighted by Crippen LogP contribution is -2.47. The maximum absolute atomic E-state index is 14.4.